The molecule has 0 N–H and O–H groups in total. The van der Waals surface area contributed by atoms with E-state index >= 15 is 0 Å². The lowest BCUT2D eigenvalue weighted by Gasteiger charge is -2.12. The standard InChI is InChI=1S/C10H22.C2H6S/c1-4-7-10(8-5-2)9-6-3;1-3-2/h10H,4-9H2,1-3H3;1-2H3. The van der Waals surface area contributed by atoms with Crippen LogP contribution in [0, 0.1) is 5.92 Å². The van der Waals surface area contributed by atoms with Gasteiger partial charge in [0.2, 0.25) is 0 Å². The topological polar surface area (TPSA) is 0 Å². The second-order valence-electron chi connectivity index (χ2n) is 3.64. The van der Waals surface area contributed by atoms with Gasteiger partial charge in [-0.05, 0) is 18.4 Å². The maximum absolute atomic E-state index is 2.29. The minimum Gasteiger partial charge on any atom is -0.169 e. The van der Waals surface area contributed by atoms with Gasteiger partial charge in [-0.15, -0.1) is 0 Å². The highest BCUT2D eigenvalue weighted by Crippen LogP contribution is 2.18. The zero-order valence-corrected chi connectivity index (χ0v) is 11.0. The molecule has 0 aromatic heterocycles. The van der Waals surface area contributed by atoms with Crippen molar-refractivity contribution >= 4 is 11.8 Å². The molecule has 0 saturated carbocycles. The molecule has 0 fully saturated rings. The van der Waals surface area contributed by atoms with Crippen molar-refractivity contribution in [1.29, 1.82) is 0 Å². The van der Waals surface area contributed by atoms with Crippen LogP contribution in [0.15, 0.2) is 0 Å². The van der Waals surface area contributed by atoms with Crippen LogP contribution in [0.25, 0.3) is 0 Å². The number of rotatable bonds is 6. The highest BCUT2D eigenvalue weighted by Gasteiger charge is 2.03. The maximum atomic E-state index is 2.29. The Morgan fingerprint density at radius 1 is 0.769 bits per heavy atom. The first kappa shape index (κ1) is 15.8. The first-order chi connectivity index (χ1) is 6.26. The lowest BCUT2D eigenvalue weighted by Crippen LogP contribution is -1.98. The van der Waals surface area contributed by atoms with Crippen LogP contribution < -0.4 is 0 Å². The lowest BCUT2D eigenvalue weighted by atomic mass is 9.94. The van der Waals surface area contributed by atoms with Gasteiger partial charge in [-0.3, -0.25) is 0 Å². The van der Waals surface area contributed by atoms with Gasteiger partial charge in [0.25, 0.3) is 0 Å². The maximum Gasteiger partial charge on any atom is -0.0187 e. The summed E-state index contributed by atoms with van der Waals surface area (Å²) in [5.41, 5.74) is 0. The van der Waals surface area contributed by atoms with Crippen LogP contribution in [0.2, 0.25) is 0 Å². The molecule has 0 aliphatic heterocycles. The molecule has 1 heteroatoms. The summed E-state index contributed by atoms with van der Waals surface area (Å²) in [4.78, 5) is 0. The normalized spacial score (nSPS) is 9.69. The van der Waals surface area contributed by atoms with Gasteiger partial charge in [-0.2, -0.15) is 11.8 Å². The molecule has 0 heterocycles. The van der Waals surface area contributed by atoms with Crippen LogP contribution in [0.4, 0.5) is 0 Å². The van der Waals surface area contributed by atoms with E-state index in [1.165, 1.54) is 38.5 Å². The molecule has 0 rings (SSSR count). The van der Waals surface area contributed by atoms with Gasteiger partial charge in [-0.1, -0.05) is 59.3 Å². The molecule has 0 aromatic rings. The van der Waals surface area contributed by atoms with Crippen LogP contribution in [0.5, 0.6) is 0 Å². The fourth-order valence-electron chi connectivity index (χ4n) is 1.66. The summed E-state index contributed by atoms with van der Waals surface area (Å²) >= 11 is 1.75. The molecule has 0 saturated heterocycles. The van der Waals surface area contributed by atoms with E-state index in [0.29, 0.717) is 0 Å². The van der Waals surface area contributed by atoms with Crippen LogP contribution in [-0.4, -0.2) is 12.5 Å². The van der Waals surface area contributed by atoms with Crippen molar-refractivity contribution in [3.8, 4) is 0 Å². The van der Waals surface area contributed by atoms with Gasteiger partial charge in [0.1, 0.15) is 0 Å². The van der Waals surface area contributed by atoms with E-state index in [9.17, 15) is 0 Å². The van der Waals surface area contributed by atoms with Gasteiger partial charge < -0.3 is 0 Å². The number of hydrogen-bond donors (Lipinski definition) is 0. The van der Waals surface area contributed by atoms with Crippen molar-refractivity contribution in [1.82, 2.24) is 0 Å². The van der Waals surface area contributed by atoms with Gasteiger partial charge in [-0.25, -0.2) is 0 Å². The highest BCUT2D eigenvalue weighted by atomic mass is 32.2. The highest BCUT2D eigenvalue weighted by molar-refractivity contribution is 7.97. The van der Waals surface area contributed by atoms with Gasteiger partial charge in [0.15, 0.2) is 0 Å². The van der Waals surface area contributed by atoms with Crippen molar-refractivity contribution in [2.24, 2.45) is 5.92 Å². The SMILES string of the molecule is CCCC(CCC)CCC.CSC. The molecular weight excluding hydrogens is 176 g/mol. The fraction of sp³-hybridized carbons (Fsp3) is 1.00. The second-order valence-corrected chi connectivity index (χ2v) is 4.46. The van der Waals surface area contributed by atoms with E-state index in [-0.39, 0.29) is 0 Å². The largest absolute Gasteiger partial charge is 0.169 e. The van der Waals surface area contributed by atoms with Crippen molar-refractivity contribution in [3.05, 3.63) is 0 Å². The number of hydrogen-bond acceptors (Lipinski definition) is 1. The Kier molecular flexibility index (Phi) is 18.1. The number of thioether (sulfide) groups is 1. The molecule has 0 aliphatic carbocycles. The molecule has 0 amide bonds. The van der Waals surface area contributed by atoms with Crippen molar-refractivity contribution < 1.29 is 0 Å². The quantitative estimate of drug-likeness (QED) is 0.588. The first-order valence-corrected chi connectivity index (χ1v) is 7.30. The van der Waals surface area contributed by atoms with Gasteiger partial charge >= 0.3 is 0 Å². The minimum absolute atomic E-state index is 1.03. The van der Waals surface area contributed by atoms with Crippen LogP contribution in [0.1, 0.15) is 59.3 Å². The molecule has 0 aliphatic rings. The summed E-state index contributed by atoms with van der Waals surface area (Å²) in [6.07, 6.45) is 12.5. The van der Waals surface area contributed by atoms with E-state index in [0.717, 1.165) is 5.92 Å². The molecule has 0 radical (unpaired) electrons. The Morgan fingerprint density at radius 3 is 1.15 bits per heavy atom. The smallest absolute Gasteiger partial charge is 0.0187 e. The third-order valence-corrected chi connectivity index (χ3v) is 2.09. The predicted octanol–water partition coefficient (Wildman–Crippen LogP) is 4.98. The van der Waals surface area contributed by atoms with Gasteiger partial charge in [0, 0.05) is 0 Å². The third kappa shape index (κ3) is 15.1. The summed E-state index contributed by atoms with van der Waals surface area (Å²) in [6, 6.07) is 0. The minimum atomic E-state index is 1.03. The third-order valence-electron chi connectivity index (χ3n) is 2.09. The van der Waals surface area contributed by atoms with E-state index in [1.807, 2.05) is 12.5 Å². The summed E-state index contributed by atoms with van der Waals surface area (Å²) in [7, 11) is 0. The molecule has 0 atom stereocenters. The first-order valence-electron chi connectivity index (χ1n) is 5.66. The van der Waals surface area contributed by atoms with Crippen LogP contribution in [0.3, 0.4) is 0 Å². The average molecular weight is 204 g/mol. The summed E-state index contributed by atoms with van der Waals surface area (Å²) in [6.45, 7) is 6.87. The average Bonchev–Trinajstić information content (AvgIpc) is 2.07. The Balaban J connectivity index is 0. The van der Waals surface area contributed by atoms with Crippen LogP contribution in [-0.2, 0) is 0 Å². The molecule has 0 nitrogen and oxygen atoms in total. The summed E-state index contributed by atoms with van der Waals surface area (Å²) in [5.74, 6) is 1.03. The van der Waals surface area contributed by atoms with Crippen LogP contribution >= 0.6 is 11.8 Å². The molecule has 0 spiro atoms. The second kappa shape index (κ2) is 14.9. The van der Waals surface area contributed by atoms with E-state index < -0.39 is 0 Å². The monoisotopic (exact) mass is 204 g/mol. The molecule has 0 unspecified atom stereocenters. The van der Waals surface area contributed by atoms with E-state index in [2.05, 4.69) is 20.8 Å². The Bertz CT molecular complexity index is 57.3. The molecule has 13 heavy (non-hydrogen) atoms. The van der Waals surface area contributed by atoms with Gasteiger partial charge in [0.05, 0.1) is 0 Å². The van der Waals surface area contributed by atoms with E-state index in [1.54, 1.807) is 11.8 Å². The predicted molar refractivity (Wildman–Crippen MR) is 67.7 cm³/mol. The zero-order valence-electron chi connectivity index (χ0n) is 10.2. The molecule has 0 aromatic carbocycles. The molecule has 0 bridgehead atoms. The van der Waals surface area contributed by atoms with Crippen molar-refractivity contribution in [2.75, 3.05) is 12.5 Å². The molecule has 82 valence electrons. The van der Waals surface area contributed by atoms with E-state index in [4.69, 9.17) is 0 Å². The lowest BCUT2D eigenvalue weighted by molar-refractivity contribution is 0.407. The fourth-order valence-corrected chi connectivity index (χ4v) is 1.66. The Labute approximate surface area is 89.9 Å². The Morgan fingerprint density at radius 2 is 1.00 bits per heavy atom. The zero-order chi connectivity index (χ0) is 10.5. The molecular formula is C12H28S. The van der Waals surface area contributed by atoms with Crippen molar-refractivity contribution in [2.45, 2.75) is 59.3 Å². The Hall–Kier alpha value is 0.350. The van der Waals surface area contributed by atoms with Crippen molar-refractivity contribution in [3.63, 3.8) is 0 Å². The summed E-state index contributed by atoms with van der Waals surface area (Å²) < 4.78 is 0. The summed E-state index contributed by atoms with van der Waals surface area (Å²) in [5, 5.41) is 0.